The van der Waals surface area contributed by atoms with Gasteiger partial charge >= 0.3 is 12.1 Å². The first-order valence-electron chi connectivity index (χ1n) is 8.88. The lowest BCUT2D eigenvalue weighted by atomic mass is 10.1. The molecule has 1 aromatic heterocycles. The van der Waals surface area contributed by atoms with E-state index in [1.54, 1.807) is 0 Å². The van der Waals surface area contributed by atoms with Crippen LogP contribution in [0.4, 0.5) is 32.0 Å². The van der Waals surface area contributed by atoms with Crippen molar-refractivity contribution in [3.05, 3.63) is 45.4 Å². The van der Waals surface area contributed by atoms with Crippen molar-refractivity contribution < 1.29 is 35.9 Å². The summed E-state index contributed by atoms with van der Waals surface area (Å²) in [5.74, 6) is -7.29. The molecule has 2 N–H and O–H groups in total. The number of hydrogen-bond acceptors (Lipinski definition) is 3. The number of benzene rings is 1. The van der Waals surface area contributed by atoms with E-state index in [1.165, 1.54) is 12.1 Å². The Kier molecular flexibility index (Phi) is 6.09. The van der Waals surface area contributed by atoms with E-state index in [0.29, 0.717) is 4.68 Å². The smallest absolute Gasteiger partial charge is 0.352 e. The lowest BCUT2D eigenvalue weighted by Gasteiger charge is -2.17. The number of hydrogen-bond donors (Lipinski definition) is 2. The zero-order valence-electron chi connectivity index (χ0n) is 15.8. The van der Waals surface area contributed by atoms with E-state index in [-0.39, 0.29) is 29.6 Å². The minimum Gasteiger partial charge on any atom is -0.352 e. The van der Waals surface area contributed by atoms with Crippen molar-refractivity contribution in [1.82, 2.24) is 15.1 Å². The number of nitrogens with zero attached hydrogens (tertiary/aromatic N) is 2. The molecule has 1 aliphatic carbocycles. The minimum absolute atomic E-state index is 0.0410. The van der Waals surface area contributed by atoms with Gasteiger partial charge < -0.3 is 10.6 Å². The molecule has 2 aromatic rings. The molecule has 1 fully saturated rings. The molecule has 0 radical (unpaired) electrons. The highest BCUT2D eigenvalue weighted by molar-refractivity contribution is 9.10. The summed E-state index contributed by atoms with van der Waals surface area (Å²) in [6, 6.07) is 3.42. The molecule has 1 saturated carbocycles. The molecular weight excluding hydrogens is 498 g/mol. The molecule has 0 bridgehead atoms. The lowest BCUT2D eigenvalue weighted by molar-refractivity contribution is -0.291. The Morgan fingerprint density at radius 1 is 1.23 bits per heavy atom. The van der Waals surface area contributed by atoms with E-state index in [1.807, 2.05) is 0 Å². The number of anilines is 1. The van der Waals surface area contributed by atoms with Gasteiger partial charge in [-0.05, 0) is 47.0 Å². The summed E-state index contributed by atoms with van der Waals surface area (Å²) < 4.78 is 79.1. The number of carbonyl (C=O) groups is 2. The van der Waals surface area contributed by atoms with Crippen LogP contribution in [-0.4, -0.2) is 27.8 Å². The molecule has 2 amide bonds. The number of amides is 2. The largest absolute Gasteiger partial charge is 0.459 e. The predicted molar refractivity (Wildman–Crippen MR) is 99.8 cm³/mol. The maximum absolute atomic E-state index is 14.0. The second-order valence-corrected chi connectivity index (χ2v) is 7.75. The van der Waals surface area contributed by atoms with Crippen LogP contribution in [0.2, 0.25) is 0 Å². The second kappa shape index (κ2) is 8.17. The Labute approximate surface area is 180 Å². The molecular formula is C18H15BrF6N4O2. The van der Waals surface area contributed by atoms with E-state index in [4.69, 9.17) is 0 Å². The van der Waals surface area contributed by atoms with Gasteiger partial charge in [0, 0.05) is 30.8 Å². The zero-order valence-corrected chi connectivity index (χ0v) is 17.4. The summed E-state index contributed by atoms with van der Waals surface area (Å²) in [5, 5.41) is 8.01. The topological polar surface area (TPSA) is 76.0 Å². The van der Waals surface area contributed by atoms with Gasteiger partial charge in [-0.25, -0.2) is 4.39 Å². The van der Waals surface area contributed by atoms with Gasteiger partial charge in [0.1, 0.15) is 11.5 Å². The van der Waals surface area contributed by atoms with Crippen LogP contribution >= 0.6 is 15.9 Å². The van der Waals surface area contributed by atoms with Crippen LogP contribution in [0.5, 0.6) is 0 Å². The molecule has 0 saturated heterocycles. The molecule has 1 heterocycles. The predicted octanol–water partition coefficient (Wildman–Crippen LogP) is 4.25. The Balaban J connectivity index is 1.80. The second-order valence-electron chi connectivity index (χ2n) is 6.96. The van der Waals surface area contributed by atoms with Gasteiger partial charge in [0.15, 0.2) is 5.69 Å². The summed E-state index contributed by atoms with van der Waals surface area (Å²) in [6.07, 6.45) is -4.38. The van der Waals surface area contributed by atoms with Crippen molar-refractivity contribution in [3.8, 4) is 0 Å². The van der Waals surface area contributed by atoms with Gasteiger partial charge in [-0.3, -0.25) is 14.3 Å². The number of aromatic nitrogens is 2. The average molecular weight is 513 g/mol. The van der Waals surface area contributed by atoms with E-state index in [0.717, 1.165) is 26.0 Å². The summed E-state index contributed by atoms with van der Waals surface area (Å²) in [6.45, 7) is -0.137. The number of alkyl halides is 5. The first-order valence-corrected chi connectivity index (χ1v) is 9.67. The molecule has 1 aromatic carbocycles. The number of nitrogens with one attached hydrogen (secondary N) is 2. The van der Waals surface area contributed by atoms with E-state index < -0.39 is 39.7 Å². The van der Waals surface area contributed by atoms with Crippen molar-refractivity contribution in [2.24, 2.45) is 13.0 Å². The van der Waals surface area contributed by atoms with Gasteiger partial charge in [0.25, 0.3) is 5.91 Å². The van der Waals surface area contributed by atoms with Crippen LogP contribution in [-0.2, 0) is 24.3 Å². The fourth-order valence-corrected chi connectivity index (χ4v) is 3.50. The molecule has 0 unspecified atom stereocenters. The molecule has 13 heteroatoms. The van der Waals surface area contributed by atoms with Gasteiger partial charge in [-0.1, -0.05) is 0 Å². The minimum atomic E-state index is -5.91. The number of aryl methyl sites for hydroxylation is 1. The first kappa shape index (κ1) is 23.1. The monoisotopic (exact) mass is 512 g/mol. The van der Waals surface area contributed by atoms with Crippen molar-refractivity contribution in [1.29, 1.82) is 0 Å². The molecule has 3 rings (SSSR count). The maximum atomic E-state index is 14.0. The summed E-state index contributed by atoms with van der Waals surface area (Å²) in [7, 11) is 1.03. The number of halogens is 7. The van der Waals surface area contributed by atoms with Gasteiger partial charge in [-0.2, -0.15) is 27.1 Å². The van der Waals surface area contributed by atoms with Crippen LogP contribution < -0.4 is 10.6 Å². The van der Waals surface area contributed by atoms with Gasteiger partial charge in [-0.15, -0.1) is 0 Å². The Morgan fingerprint density at radius 3 is 2.45 bits per heavy atom. The van der Waals surface area contributed by atoms with E-state index in [2.05, 4.69) is 31.7 Å². The standard InChI is InChI=1S/C18H15BrF6N4O2/c1-29-13(12(19)14(28-29)17(21,22)18(23,24)25)16(31)27-10-4-5-11(20)9(6-10)7-26-15(30)8-2-3-8/h4-6,8H,2-3,7H2,1H3,(H,26,30)(H,27,31). The van der Waals surface area contributed by atoms with Crippen molar-refractivity contribution in [2.45, 2.75) is 31.5 Å². The third-order valence-corrected chi connectivity index (χ3v) is 5.31. The Bertz CT molecular complexity index is 1030. The molecule has 0 aliphatic heterocycles. The van der Waals surface area contributed by atoms with Crippen LogP contribution in [0, 0.1) is 11.7 Å². The molecule has 168 valence electrons. The fraction of sp³-hybridized carbons (Fsp3) is 0.389. The third kappa shape index (κ3) is 4.70. The van der Waals surface area contributed by atoms with E-state index >= 15 is 0 Å². The summed E-state index contributed by atoms with van der Waals surface area (Å²) in [5.41, 5.74) is -2.15. The van der Waals surface area contributed by atoms with Crippen LogP contribution in [0.25, 0.3) is 0 Å². The fourth-order valence-electron chi connectivity index (χ4n) is 2.73. The molecule has 0 spiro atoms. The number of carbonyl (C=O) groups excluding carboxylic acids is 2. The highest BCUT2D eigenvalue weighted by Gasteiger charge is 2.61. The van der Waals surface area contributed by atoms with Crippen LogP contribution in [0.3, 0.4) is 0 Å². The van der Waals surface area contributed by atoms with Gasteiger partial charge in [0.05, 0.1) is 4.47 Å². The quantitative estimate of drug-likeness (QED) is 0.568. The third-order valence-electron chi connectivity index (χ3n) is 4.56. The van der Waals surface area contributed by atoms with Crippen molar-refractivity contribution in [2.75, 3.05) is 5.32 Å². The maximum Gasteiger partial charge on any atom is 0.459 e. The van der Waals surface area contributed by atoms with Crippen LogP contribution in [0.1, 0.15) is 34.6 Å². The normalized spacial score (nSPS) is 14.5. The number of rotatable bonds is 6. The Hall–Kier alpha value is -2.57. The van der Waals surface area contributed by atoms with Crippen molar-refractivity contribution in [3.63, 3.8) is 0 Å². The van der Waals surface area contributed by atoms with Gasteiger partial charge in [0.2, 0.25) is 5.91 Å². The molecule has 31 heavy (non-hydrogen) atoms. The highest BCUT2D eigenvalue weighted by Crippen LogP contribution is 2.46. The Morgan fingerprint density at radius 2 is 1.87 bits per heavy atom. The van der Waals surface area contributed by atoms with Crippen LogP contribution in [0.15, 0.2) is 22.7 Å². The highest BCUT2D eigenvalue weighted by atomic mass is 79.9. The molecule has 6 nitrogen and oxygen atoms in total. The van der Waals surface area contributed by atoms with E-state index in [9.17, 15) is 35.9 Å². The average Bonchev–Trinajstić information content (AvgIpc) is 3.46. The molecule has 1 aliphatic rings. The lowest BCUT2D eigenvalue weighted by Crippen LogP contribution is -2.34. The summed E-state index contributed by atoms with van der Waals surface area (Å²) in [4.78, 5) is 24.2. The summed E-state index contributed by atoms with van der Waals surface area (Å²) >= 11 is 2.60. The SMILES string of the molecule is Cn1nc(C(F)(F)C(F)(F)F)c(Br)c1C(=O)Nc1ccc(F)c(CNC(=O)C2CC2)c1. The first-order chi connectivity index (χ1) is 14.3. The zero-order chi connectivity index (χ0) is 23.1. The molecule has 0 atom stereocenters. The van der Waals surface area contributed by atoms with Crippen molar-refractivity contribution >= 4 is 33.4 Å².